The number of nitrogens with zero attached hydrogens (tertiary/aromatic N) is 1. The summed E-state index contributed by atoms with van der Waals surface area (Å²) in [5.74, 6) is -1.15. The first-order chi connectivity index (χ1) is 19.4. The second kappa shape index (κ2) is 13.6. The van der Waals surface area contributed by atoms with Crippen LogP contribution in [0.25, 0.3) is 10.8 Å². The zero-order valence-electron chi connectivity index (χ0n) is 25.2. The van der Waals surface area contributed by atoms with Crippen LogP contribution in [0.15, 0.2) is 60.7 Å². The number of benzene rings is 3. The van der Waals surface area contributed by atoms with E-state index < -0.39 is 35.6 Å². The van der Waals surface area contributed by atoms with E-state index in [-0.39, 0.29) is 19.1 Å². The standard InChI is InChI=1S/C33H43N3O5/c1-8-21(2)28(35-32(40)41-33(5,6)7)31(39)36(18-19-37)29(27-22(3)12-11-13-23(27)4)30(38)34-26-17-16-24-14-9-10-15-25(24)20-26/h9-17,20-21,28-29,37H,8,18-19H2,1-7H3,(H,34,38)(H,35,40). The highest BCUT2D eigenvalue weighted by Crippen LogP contribution is 2.31. The van der Waals surface area contributed by atoms with Crippen molar-refractivity contribution in [3.63, 3.8) is 0 Å². The highest BCUT2D eigenvalue weighted by Gasteiger charge is 2.39. The van der Waals surface area contributed by atoms with Gasteiger partial charge in [-0.3, -0.25) is 9.59 Å². The third-order valence-electron chi connectivity index (χ3n) is 7.17. The molecule has 0 aliphatic carbocycles. The molecule has 3 aromatic rings. The predicted molar refractivity (Wildman–Crippen MR) is 163 cm³/mol. The van der Waals surface area contributed by atoms with Gasteiger partial charge in [0.05, 0.1) is 6.61 Å². The van der Waals surface area contributed by atoms with E-state index in [0.29, 0.717) is 17.7 Å². The fourth-order valence-electron chi connectivity index (χ4n) is 4.94. The first kappa shape index (κ1) is 31.6. The van der Waals surface area contributed by atoms with Gasteiger partial charge in [0.15, 0.2) is 0 Å². The molecule has 0 radical (unpaired) electrons. The zero-order valence-corrected chi connectivity index (χ0v) is 25.2. The van der Waals surface area contributed by atoms with Crippen LogP contribution in [0.5, 0.6) is 0 Å². The molecule has 3 N–H and O–H groups in total. The van der Waals surface area contributed by atoms with E-state index in [2.05, 4.69) is 10.6 Å². The van der Waals surface area contributed by atoms with Gasteiger partial charge in [-0.2, -0.15) is 0 Å². The Bertz CT molecular complexity index is 1360. The predicted octanol–water partition coefficient (Wildman–Crippen LogP) is 5.90. The van der Waals surface area contributed by atoms with E-state index in [1.165, 1.54) is 4.90 Å². The quantitative estimate of drug-likeness (QED) is 0.286. The van der Waals surface area contributed by atoms with E-state index in [4.69, 9.17) is 4.74 Å². The number of rotatable bonds is 10. The number of hydrogen-bond acceptors (Lipinski definition) is 5. The summed E-state index contributed by atoms with van der Waals surface area (Å²) in [5, 5.41) is 17.8. The lowest BCUT2D eigenvalue weighted by Crippen LogP contribution is -2.55. The van der Waals surface area contributed by atoms with Crippen LogP contribution in [-0.2, 0) is 14.3 Å². The minimum Gasteiger partial charge on any atom is -0.444 e. The summed E-state index contributed by atoms with van der Waals surface area (Å²) in [6.45, 7) is 12.3. The number of ether oxygens (including phenoxy) is 1. The van der Waals surface area contributed by atoms with Crippen LogP contribution < -0.4 is 10.6 Å². The number of carbonyl (C=O) groups excluding carboxylic acids is 3. The summed E-state index contributed by atoms with van der Waals surface area (Å²) in [4.78, 5) is 42.6. The summed E-state index contributed by atoms with van der Waals surface area (Å²) in [5.41, 5.74) is 2.18. The smallest absolute Gasteiger partial charge is 0.408 e. The van der Waals surface area contributed by atoms with Gasteiger partial charge < -0.3 is 25.4 Å². The summed E-state index contributed by atoms with van der Waals surface area (Å²) in [6.07, 6.45) is -0.124. The van der Waals surface area contributed by atoms with Crippen molar-refractivity contribution in [1.82, 2.24) is 10.2 Å². The molecule has 0 saturated heterocycles. The maximum absolute atomic E-state index is 14.3. The molecule has 8 nitrogen and oxygen atoms in total. The maximum Gasteiger partial charge on any atom is 0.408 e. The summed E-state index contributed by atoms with van der Waals surface area (Å²) in [7, 11) is 0. The fourth-order valence-corrected chi connectivity index (χ4v) is 4.94. The Balaban J connectivity index is 2.07. The number of anilines is 1. The molecule has 0 bridgehead atoms. The number of carbonyl (C=O) groups is 3. The Kier molecular flexibility index (Phi) is 10.5. The lowest BCUT2D eigenvalue weighted by molar-refractivity contribution is -0.142. The van der Waals surface area contributed by atoms with Gasteiger partial charge in [0.1, 0.15) is 17.7 Å². The number of fused-ring (bicyclic) bond motifs is 1. The molecular weight excluding hydrogens is 518 g/mol. The largest absolute Gasteiger partial charge is 0.444 e. The van der Waals surface area contributed by atoms with Gasteiger partial charge in [-0.25, -0.2) is 4.79 Å². The molecule has 3 amide bonds. The van der Waals surface area contributed by atoms with Crippen molar-refractivity contribution in [2.45, 2.75) is 72.6 Å². The van der Waals surface area contributed by atoms with Crippen LogP contribution in [0.2, 0.25) is 0 Å². The Hall–Kier alpha value is -3.91. The Morgan fingerprint density at radius 2 is 1.59 bits per heavy atom. The molecule has 8 heteroatoms. The Morgan fingerprint density at radius 1 is 0.951 bits per heavy atom. The third kappa shape index (κ3) is 8.07. The lowest BCUT2D eigenvalue weighted by atomic mass is 9.92. The number of aryl methyl sites for hydroxylation is 2. The van der Waals surface area contributed by atoms with Crippen LogP contribution in [-0.4, -0.2) is 52.7 Å². The van der Waals surface area contributed by atoms with Crippen molar-refractivity contribution in [3.8, 4) is 0 Å². The van der Waals surface area contributed by atoms with Crippen molar-refractivity contribution in [2.24, 2.45) is 5.92 Å². The molecule has 0 spiro atoms. The molecule has 41 heavy (non-hydrogen) atoms. The molecular formula is C33H43N3O5. The van der Waals surface area contributed by atoms with Crippen molar-refractivity contribution >= 4 is 34.4 Å². The van der Waals surface area contributed by atoms with Crippen LogP contribution in [0, 0.1) is 19.8 Å². The van der Waals surface area contributed by atoms with Crippen LogP contribution in [0.4, 0.5) is 10.5 Å². The molecule has 3 atom stereocenters. The second-order valence-corrected chi connectivity index (χ2v) is 11.5. The molecule has 0 saturated carbocycles. The molecule has 0 aliphatic rings. The number of nitrogens with one attached hydrogen (secondary N) is 2. The molecule has 3 aromatic carbocycles. The van der Waals surface area contributed by atoms with Gasteiger partial charge >= 0.3 is 6.09 Å². The van der Waals surface area contributed by atoms with Crippen LogP contribution in [0.1, 0.15) is 63.8 Å². The van der Waals surface area contributed by atoms with Crippen molar-refractivity contribution in [2.75, 3.05) is 18.5 Å². The Morgan fingerprint density at radius 3 is 2.17 bits per heavy atom. The number of aliphatic hydroxyl groups excluding tert-OH is 1. The van der Waals surface area contributed by atoms with E-state index in [1.807, 2.05) is 88.4 Å². The summed E-state index contributed by atoms with van der Waals surface area (Å²) >= 11 is 0. The molecule has 0 heterocycles. The first-order valence-corrected chi connectivity index (χ1v) is 14.1. The maximum atomic E-state index is 14.3. The number of amides is 3. The van der Waals surface area contributed by atoms with Gasteiger partial charge in [0.2, 0.25) is 5.91 Å². The third-order valence-corrected chi connectivity index (χ3v) is 7.17. The average molecular weight is 562 g/mol. The highest BCUT2D eigenvalue weighted by atomic mass is 16.6. The topological polar surface area (TPSA) is 108 Å². The molecule has 3 unspecified atom stereocenters. The van der Waals surface area contributed by atoms with Crippen LogP contribution in [0.3, 0.4) is 0 Å². The zero-order chi connectivity index (χ0) is 30.3. The molecule has 0 fully saturated rings. The second-order valence-electron chi connectivity index (χ2n) is 11.5. The molecule has 0 aromatic heterocycles. The number of hydrogen-bond donors (Lipinski definition) is 3. The van der Waals surface area contributed by atoms with Gasteiger partial charge in [0, 0.05) is 12.2 Å². The number of aliphatic hydroxyl groups is 1. The van der Waals surface area contributed by atoms with E-state index in [0.717, 1.165) is 21.9 Å². The summed E-state index contributed by atoms with van der Waals surface area (Å²) < 4.78 is 5.45. The van der Waals surface area contributed by atoms with Crippen molar-refractivity contribution in [3.05, 3.63) is 77.4 Å². The van der Waals surface area contributed by atoms with Crippen molar-refractivity contribution < 1.29 is 24.2 Å². The van der Waals surface area contributed by atoms with E-state index >= 15 is 0 Å². The normalized spacial score (nSPS) is 13.7. The van der Waals surface area contributed by atoms with Crippen LogP contribution >= 0.6 is 0 Å². The Labute approximate surface area is 243 Å². The van der Waals surface area contributed by atoms with Gasteiger partial charge in [0.25, 0.3) is 5.91 Å². The highest BCUT2D eigenvalue weighted by molar-refractivity contribution is 6.00. The van der Waals surface area contributed by atoms with Gasteiger partial charge in [-0.15, -0.1) is 0 Å². The minimum atomic E-state index is -1.06. The van der Waals surface area contributed by atoms with Crippen molar-refractivity contribution in [1.29, 1.82) is 0 Å². The first-order valence-electron chi connectivity index (χ1n) is 14.1. The lowest BCUT2D eigenvalue weighted by Gasteiger charge is -2.36. The fraction of sp³-hybridized carbons (Fsp3) is 0.424. The van der Waals surface area contributed by atoms with Gasteiger partial charge in [-0.1, -0.05) is 68.8 Å². The van der Waals surface area contributed by atoms with E-state index in [9.17, 15) is 19.5 Å². The number of alkyl carbamates (subject to hydrolysis) is 1. The molecule has 0 aliphatic heterocycles. The molecule has 220 valence electrons. The minimum absolute atomic E-state index is 0.106. The average Bonchev–Trinajstić information content (AvgIpc) is 2.91. The van der Waals surface area contributed by atoms with Gasteiger partial charge in [-0.05, 0) is 80.1 Å². The summed E-state index contributed by atoms with van der Waals surface area (Å²) in [6, 6.07) is 17.1. The van der Waals surface area contributed by atoms with E-state index in [1.54, 1.807) is 20.8 Å². The SMILES string of the molecule is CCC(C)C(NC(=O)OC(C)(C)C)C(=O)N(CCO)C(C(=O)Nc1ccc2ccccc2c1)c1c(C)cccc1C. The molecule has 3 rings (SSSR count). The monoisotopic (exact) mass is 561 g/mol.